The predicted octanol–water partition coefficient (Wildman–Crippen LogP) is 10.7. The zero-order chi connectivity index (χ0) is 29.7. The number of rotatable bonds is 5. The van der Waals surface area contributed by atoms with Crippen LogP contribution in [-0.2, 0) is 21.1 Å². The van der Waals surface area contributed by atoms with Gasteiger partial charge < -0.3 is 23.7 Å². The molecule has 0 aliphatic rings. The number of aromatic nitrogens is 2. The number of hydrogen-bond acceptors (Lipinski definition) is 5. The van der Waals surface area contributed by atoms with E-state index in [4.69, 9.17) is 18.8 Å². The van der Waals surface area contributed by atoms with Crippen molar-refractivity contribution >= 4 is 60.9 Å². The maximum Gasteiger partial charge on any atom is 2.00 e. The van der Waals surface area contributed by atoms with Gasteiger partial charge in [-0.25, -0.2) is 0 Å². The minimum atomic E-state index is 0. The molecule has 0 aliphatic carbocycles. The normalized spacial score (nSPS) is 11.3. The molecule has 0 unspecified atom stereocenters. The van der Waals surface area contributed by atoms with Crippen molar-refractivity contribution in [1.82, 2.24) is 9.97 Å². The molecule has 0 saturated carbocycles. The van der Waals surface area contributed by atoms with Crippen molar-refractivity contribution in [3.8, 4) is 22.5 Å². The fraction of sp³-hybridized carbons (Fsp3) is 0. The Kier molecular flexibility index (Phi) is 6.97. The van der Waals surface area contributed by atoms with Crippen LogP contribution < -0.4 is 4.90 Å². The summed E-state index contributed by atoms with van der Waals surface area (Å²) in [5.74, 6) is 0. The molecule has 0 amide bonds. The van der Waals surface area contributed by atoms with Gasteiger partial charge in [-0.2, -0.15) is 0 Å². The molecule has 5 aromatic carbocycles. The van der Waals surface area contributed by atoms with Gasteiger partial charge in [-0.15, -0.1) is 24.3 Å². The van der Waals surface area contributed by atoms with Crippen LogP contribution in [0.3, 0.4) is 0 Å². The van der Waals surface area contributed by atoms with Crippen LogP contribution in [0.4, 0.5) is 17.1 Å². The molecule has 0 aliphatic heterocycles. The number of anilines is 3. The average molecular weight is 773 g/mol. The topological polar surface area (TPSA) is 55.3 Å². The van der Waals surface area contributed by atoms with Gasteiger partial charge in [-0.3, -0.25) is 0 Å². The zero-order valence-corrected chi connectivity index (χ0v) is 26.5. The molecule has 0 N–H and O–H groups in total. The first-order valence-corrected chi connectivity index (χ1v) is 14.7. The van der Waals surface area contributed by atoms with Crippen LogP contribution in [0.25, 0.3) is 66.4 Å². The van der Waals surface area contributed by atoms with Crippen molar-refractivity contribution in [1.29, 1.82) is 0 Å². The van der Waals surface area contributed by atoms with E-state index in [9.17, 15) is 0 Å². The van der Waals surface area contributed by atoms with Crippen molar-refractivity contribution in [2.24, 2.45) is 0 Å². The van der Waals surface area contributed by atoms with Crippen LogP contribution in [0, 0.1) is 12.1 Å². The Hall–Kier alpha value is -5.51. The van der Waals surface area contributed by atoms with Crippen LogP contribution in [0.5, 0.6) is 0 Å². The van der Waals surface area contributed by atoms with Gasteiger partial charge in [0.05, 0.1) is 11.2 Å². The first kappa shape index (κ1) is 28.0. The van der Waals surface area contributed by atoms with Gasteiger partial charge in [-0.05, 0) is 59.2 Å². The van der Waals surface area contributed by atoms with E-state index in [1.54, 1.807) is 12.4 Å². The Morgan fingerprint density at radius 2 is 0.935 bits per heavy atom. The summed E-state index contributed by atoms with van der Waals surface area (Å²) in [4.78, 5) is 11.6. The van der Waals surface area contributed by atoms with Crippen LogP contribution in [-0.4, -0.2) is 9.97 Å². The number of nitrogens with zero attached hydrogens (tertiary/aromatic N) is 3. The van der Waals surface area contributed by atoms with E-state index in [1.807, 2.05) is 91.0 Å². The minimum Gasteiger partial charge on any atom is -0.501 e. The molecule has 6 heteroatoms. The van der Waals surface area contributed by atoms with Gasteiger partial charge in [0, 0.05) is 28.9 Å². The number of pyridine rings is 2. The summed E-state index contributed by atoms with van der Waals surface area (Å²) in [6, 6.07) is 50.0. The van der Waals surface area contributed by atoms with Gasteiger partial charge in [0.1, 0.15) is 11.2 Å². The Balaban J connectivity index is 0.00000312. The Labute approximate surface area is 279 Å². The van der Waals surface area contributed by atoms with Crippen molar-refractivity contribution in [3.05, 3.63) is 152 Å². The molecule has 0 bridgehead atoms. The summed E-state index contributed by atoms with van der Waals surface area (Å²) < 4.78 is 12.9. The summed E-state index contributed by atoms with van der Waals surface area (Å²) in [6.07, 6.45) is 3.59. The Morgan fingerprint density at radius 3 is 1.41 bits per heavy atom. The number of fused-ring (bicyclic) bond motifs is 6. The summed E-state index contributed by atoms with van der Waals surface area (Å²) in [5.41, 5.74) is 8.91. The van der Waals surface area contributed by atoms with E-state index >= 15 is 0 Å². The smallest absolute Gasteiger partial charge is 0.501 e. The molecule has 9 aromatic rings. The predicted molar refractivity (Wildman–Crippen MR) is 180 cm³/mol. The number of furan rings is 2. The average Bonchev–Trinajstić information content (AvgIpc) is 3.68. The molecular formula is C40H23N3O2Pt. The molecule has 0 spiro atoms. The van der Waals surface area contributed by atoms with E-state index in [0.29, 0.717) is 0 Å². The van der Waals surface area contributed by atoms with Crippen molar-refractivity contribution in [2.45, 2.75) is 0 Å². The van der Waals surface area contributed by atoms with E-state index in [0.717, 1.165) is 83.5 Å². The molecule has 9 rings (SSSR count). The van der Waals surface area contributed by atoms with Gasteiger partial charge in [0.2, 0.25) is 0 Å². The largest absolute Gasteiger partial charge is 2.00 e. The van der Waals surface area contributed by atoms with Gasteiger partial charge in [0.15, 0.2) is 0 Å². The standard InChI is InChI=1S/C40H23N3O2.Pt/c1-2-12-26(13-3-1)43(27-22-31-29-14-4-6-18-37(29)44-39(31)33(24-27)35-16-8-10-20-41-35)28-23-32-30-15-5-7-19-38(30)45-40(32)34(25-28)36-17-9-11-21-42-36;/h1-23H;/q-2;+2. The zero-order valence-electron chi connectivity index (χ0n) is 24.3. The second-order valence-corrected chi connectivity index (χ2v) is 10.8. The van der Waals surface area contributed by atoms with Crippen LogP contribution >= 0.6 is 0 Å². The molecule has 0 atom stereocenters. The number of benzene rings is 5. The second-order valence-electron chi connectivity index (χ2n) is 10.8. The summed E-state index contributed by atoms with van der Waals surface area (Å²) in [7, 11) is 0. The summed E-state index contributed by atoms with van der Waals surface area (Å²) >= 11 is 0. The van der Waals surface area contributed by atoms with Crippen LogP contribution in [0.1, 0.15) is 0 Å². The van der Waals surface area contributed by atoms with Gasteiger partial charge in [0.25, 0.3) is 0 Å². The third kappa shape index (κ3) is 4.60. The minimum absolute atomic E-state index is 0. The monoisotopic (exact) mass is 772 g/mol. The quantitative estimate of drug-likeness (QED) is 0.163. The first-order chi connectivity index (χ1) is 22.3. The third-order valence-electron chi connectivity index (χ3n) is 8.13. The SMILES string of the molecule is [Pt+2].[c-]1c(N(c2[c-]c(-c3ccccn3)c3oc4ccccc4c3c2)c2ccccc2)cc2c(oc3ccccc32)c1-c1ccccn1. The fourth-order valence-corrected chi connectivity index (χ4v) is 6.11. The molecule has 0 fully saturated rings. The Bertz CT molecular complexity index is 2330. The summed E-state index contributed by atoms with van der Waals surface area (Å²) in [6.45, 7) is 0. The first-order valence-electron chi connectivity index (χ1n) is 14.7. The fourth-order valence-electron chi connectivity index (χ4n) is 6.11. The molecule has 46 heavy (non-hydrogen) atoms. The number of para-hydroxylation sites is 3. The maximum absolute atomic E-state index is 6.44. The van der Waals surface area contributed by atoms with E-state index in [2.05, 4.69) is 53.4 Å². The van der Waals surface area contributed by atoms with Gasteiger partial charge in [-0.1, -0.05) is 101 Å². The molecular weight excluding hydrogens is 750 g/mol. The van der Waals surface area contributed by atoms with Crippen molar-refractivity contribution < 1.29 is 29.9 Å². The van der Waals surface area contributed by atoms with Crippen molar-refractivity contribution in [2.75, 3.05) is 4.90 Å². The van der Waals surface area contributed by atoms with E-state index in [1.165, 1.54) is 0 Å². The number of hydrogen-bond donors (Lipinski definition) is 0. The van der Waals surface area contributed by atoms with Crippen LogP contribution in [0.15, 0.2) is 149 Å². The molecule has 4 aromatic heterocycles. The van der Waals surface area contributed by atoms with Crippen molar-refractivity contribution in [3.63, 3.8) is 0 Å². The third-order valence-corrected chi connectivity index (χ3v) is 8.13. The summed E-state index contributed by atoms with van der Waals surface area (Å²) in [5, 5.41) is 4.03. The second kappa shape index (κ2) is 11.4. The maximum atomic E-state index is 6.44. The van der Waals surface area contributed by atoms with Gasteiger partial charge >= 0.3 is 21.1 Å². The molecule has 0 radical (unpaired) electrons. The Morgan fingerprint density at radius 1 is 0.478 bits per heavy atom. The van der Waals surface area contributed by atoms with E-state index < -0.39 is 0 Å². The van der Waals surface area contributed by atoms with Crippen LogP contribution in [0.2, 0.25) is 0 Å². The van der Waals surface area contributed by atoms with E-state index in [-0.39, 0.29) is 21.1 Å². The molecule has 220 valence electrons. The molecule has 5 nitrogen and oxygen atoms in total. The molecule has 4 heterocycles. The molecule has 0 saturated heterocycles.